The van der Waals surface area contributed by atoms with E-state index in [4.69, 9.17) is 4.74 Å². The summed E-state index contributed by atoms with van der Waals surface area (Å²) in [6, 6.07) is 18.5. The number of ether oxygens (including phenoxy) is 1. The van der Waals surface area contributed by atoms with E-state index in [1.165, 1.54) is 21.8 Å². The Balaban J connectivity index is 1.02. The second-order valence-corrected chi connectivity index (χ2v) is 11.7. The van der Waals surface area contributed by atoms with Crippen molar-refractivity contribution in [3.63, 3.8) is 0 Å². The molecule has 0 N–H and O–H groups in total. The highest BCUT2D eigenvalue weighted by molar-refractivity contribution is 7.13. The molecule has 0 radical (unpaired) electrons. The summed E-state index contributed by atoms with van der Waals surface area (Å²) < 4.78 is 5.88. The Labute approximate surface area is 239 Å². The average Bonchev–Trinajstić information content (AvgIpc) is 3.68. The number of Topliss-reactive ketones (excluding diaryl/α,β-unsaturated/α-hetero) is 2. The third-order valence-corrected chi connectivity index (χ3v) is 8.49. The Kier molecular flexibility index (Phi) is 11.9. The lowest BCUT2D eigenvalue weighted by Crippen LogP contribution is -2.01. The summed E-state index contributed by atoms with van der Waals surface area (Å²) in [5, 5.41) is 3.08. The van der Waals surface area contributed by atoms with Gasteiger partial charge in [-0.15, -0.1) is 22.7 Å². The van der Waals surface area contributed by atoms with Crippen molar-refractivity contribution in [2.75, 3.05) is 6.61 Å². The lowest BCUT2D eigenvalue weighted by molar-refractivity contribution is 0.0972. The maximum atomic E-state index is 12.5. The van der Waals surface area contributed by atoms with Gasteiger partial charge in [0.1, 0.15) is 5.75 Å². The SMILES string of the molecule is O=C(CCc1ccc(OCCCCCCc2cnc(C(=O)CCCCc3ccccc3)s2)cc1)c1nccs1. The zero-order valence-corrected chi connectivity index (χ0v) is 24.0. The molecule has 0 saturated heterocycles. The Hall–Kier alpha value is -3.16. The number of hydrogen-bond acceptors (Lipinski definition) is 7. The van der Waals surface area contributed by atoms with Crippen LogP contribution >= 0.6 is 22.7 Å². The van der Waals surface area contributed by atoms with Crippen LogP contribution in [0.1, 0.15) is 87.0 Å². The molecule has 4 aromatic rings. The van der Waals surface area contributed by atoms with Gasteiger partial charge in [-0.3, -0.25) is 9.59 Å². The first kappa shape index (κ1) is 28.8. The number of aryl methyl sites for hydroxylation is 3. The fraction of sp³-hybridized carbons (Fsp3) is 0.375. The Morgan fingerprint density at radius 2 is 1.44 bits per heavy atom. The van der Waals surface area contributed by atoms with Gasteiger partial charge in [-0.2, -0.15) is 0 Å². The number of carbonyl (C=O) groups excluding carboxylic acids is 2. The van der Waals surface area contributed by atoms with Crippen molar-refractivity contribution < 1.29 is 14.3 Å². The zero-order chi connectivity index (χ0) is 27.1. The van der Waals surface area contributed by atoms with Crippen LogP contribution in [0.15, 0.2) is 72.4 Å². The van der Waals surface area contributed by atoms with Crippen molar-refractivity contribution in [2.45, 2.75) is 70.6 Å². The van der Waals surface area contributed by atoms with E-state index in [0.29, 0.717) is 35.9 Å². The summed E-state index contributed by atoms with van der Waals surface area (Å²) in [4.78, 5) is 34.2. The predicted octanol–water partition coefficient (Wildman–Crippen LogP) is 8.19. The Bertz CT molecular complexity index is 1270. The van der Waals surface area contributed by atoms with Crippen LogP contribution in [0.4, 0.5) is 0 Å². The van der Waals surface area contributed by atoms with Crippen LogP contribution in [0.5, 0.6) is 5.75 Å². The van der Waals surface area contributed by atoms with Crippen molar-refractivity contribution in [3.05, 3.63) is 98.4 Å². The molecule has 0 fully saturated rings. The number of aromatic nitrogens is 2. The molecule has 204 valence electrons. The third kappa shape index (κ3) is 10.2. The zero-order valence-electron chi connectivity index (χ0n) is 22.3. The van der Waals surface area contributed by atoms with Gasteiger partial charge in [0.2, 0.25) is 0 Å². The molecule has 0 bridgehead atoms. The van der Waals surface area contributed by atoms with Gasteiger partial charge in [0, 0.05) is 35.5 Å². The molecule has 0 amide bonds. The number of thiazole rings is 2. The molecule has 0 unspecified atom stereocenters. The molecule has 0 aliphatic carbocycles. The Morgan fingerprint density at radius 3 is 2.23 bits per heavy atom. The van der Waals surface area contributed by atoms with Gasteiger partial charge in [0.25, 0.3) is 0 Å². The van der Waals surface area contributed by atoms with Gasteiger partial charge in [0.05, 0.1) is 6.61 Å². The first-order chi connectivity index (χ1) is 19.2. The highest BCUT2D eigenvalue weighted by Crippen LogP contribution is 2.20. The Morgan fingerprint density at radius 1 is 0.692 bits per heavy atom. The normalized spacial score (nSPS) is 11.0. The van der Waals surface area contributed by atoms with Crippen LogP contribution < -0.4 is 4.74 Å². The summed E-state index contributed by atoms with van der Waals surface area (Å²) >= 11 is 2.95. The van der Waals surface area contributed by atoms with E-state index in [0.717, 1.165) is 62.7 Å². The summed E-state index contributed by atoms with van der Waals surface area (Å²) in [5.41, 5.74) is 2.46. The number of ketones is 2. The second kappa shape index (κ2) is 16.1. The largest absolute Gasteiger partial charge is 0.494 e. The van der Waals surface area contributed by atoms with E-state index in [1.807, 2.05) is 41.9 Å². The van der Waals surface area contributed by atoms with E-state index in [-0.39, 0.29) is 11.6 Å². The molecular formula is C32H36N2O3S2. The molecule has 4 rings (SSSR count). The van der Waals surface area contributed by atoms with Crippen molar-refractivity contribution in [2.24, 2.45) is 0 Å². The molecule has 0 saturated carbocycles. The van der Waals surface area contributed by atoms with Crippen LogP contribution in [-0.2, 0) is 19.3 Å². The van der Waals surface area contributed by atoms with Crippen molar-refractivity contribution in [1.82, 2.24) is 9.97 Å². The predicted molar refractivity (Wildman–Crippen MR) is 159 cm³/mol. The van der Waals surface area contributed by atoms with Gasteiger partial charge in [0.15, 0.2) is 21.6 Å². The van der Waals surface area contributed by atoms with Gasteiger partial charge >= 0.3 is 0 Å². The van der Waals surface area contributed by atoms with Gasteiger partial charge in [-0.25, -0.2) is 9.97 Å². The van der Waals surface area contributed by atoms with Crippen LogP contribution in [0.2, 0.25) is 0 Å². The molecular weight excluding hydrogens is 524 g/mol. The van der Waals surface area contributed by atoms with Crippen molar-refractivity contribution in [1.29, 1.82) is 0 Å². The number of rotatable bonds is 18. The molecule has 0 atom stereocenters. The molecule has 0 aliphatic heterocycles. The van der Waals surface area contributed by atoms with E-state index < -0.39 is 0 Å². The maximum Gasteiger partial charge on any atom is 0.191 e. The molecule has 2 aromatic heterocycles. The van der Waals surface area contributed by atoms with Crippen molar-refractivity contribution >= 4 is 34.2 Å². The monoisotopic (exact) mass is 560 g/mol. The minimum absolute atomic E-state index is 0.0970. The maximum absolute atomic E-state index is 12.5. The van der Waals surface area contributed by atoms with Crippen LogP contribution in [0, 0.1) is 0 Å². The number of benzene rings is 2. The highest BCUT2D eigenvalue weighted by atomic mass is 32.1. The number of carbonyl (C=O) groups is 2. The van der Waals surface area contributed by atoms with Gasteiger partial charge in [-0.1, -0.05) is 55.3 Å². The second-order valence-electron chi connectivity index (χ2n) is 9.66. The summed E-state index contributed by atoms with van der Waals surface area (Å²) in [6.45, 7) is 0.700. The van der Waals surface area contributed by atoms with E-state index >= 15 is 0 Å². The quantitative estimate of drug-likeness (QED) is 0.0906. The van der Waals surface area contributed by atoms with E-state index in [9.17, 15) is 9.59 Å². The highest BCUT2D eigenvalue weighted by Gasteiger charge is 2.11. The molecule has 39 heavy (non-hydrogen) atoms. The minimum atomic E-state index is 0.0970. The smallest absolute Gasteiger partial charge is 0.191 e. The average molecular weight is 561 g/mol. The summed E-state index contributed by atoms with van der Waals surface area (Å²) in [6.07, 6.45) is 13.6. The van der Waals surface area contributed by atoms with Gasteiger partial charge in [-0.05, 0) is 68.2 Å². The topological polar surface area (TPSA) is 69.2 Å². The summed E-state index contributed by atoms with van der Waals surface area (Å²) in [5.74, 6) is 1.14. The lowest BCUT2D eigenvalue weighted by atomic mass is 10.1. The first-order valence-electron chi connectivity index (χ1n) is 13.8. The number of unbranched alkanes of at least 4 members (excludes halogenated alkanes) is 4. The minimum Gasteiger partial charge on any atom is -0.494 e. The van der Waals surface area contributed by atoms with Gasteiger partial charge < -0.3 is 4.74 Å². The standard InChI is InChI=1S/C32H36N2O3S2/c35-29(14-8-7-12-25-10-4-3-5-11-25)32-34-24-28(39-32)13-6-1-2-9-22-37-27-18-15-26(16-19-27)17-20-30(36)31-33-21-23-38-31/h3-5,10-11,15-16,18-19,21,23-24H,1-2,6-9,12-14,17,20,22H2. The van der Waals surface area contributed by atoms with Crippen LogP contribution in [0.25, 0.3) is 0 Å². The molecule has 2 aromatic carbocycles. The van der Waals surface area contributed by atoms with E-state index in [1.54, 1.807) is 17.5 Å². The lowest BCUT2D eigenvalue weighted by Gasteiger charge is -2.07. The molecule has 5 nitrogen and oxygen atoms in total. The van der Waals surface area contributed by atoms with Crippen molar-refractivity contribution in [3.8, 4) is 5.75 Å². The van der Waals surface area contributed by atoms with E-state index in [2.05, 4.69) is 34.2 Å². The van der Waals surface area contributed by atoms with Crippen LogP contribution in [0.3, 0.4) is 0 Å². The third-order valence-electron chi connectivity index (χ3n) is 6.58. The molecule has 0 aliphatic rings. The first-order valence-corrected chi connectivity index (χ1v) is 15.5. The summed E-state index contributed by atoms with van der Waals surface area (Å²) in [7, 11) is 0. The van der Waals surface area contributed by atoms with Crippen LogP contribution in [-0.4, -0.2) is 28.1 Å². The molecule has 7 heteroatoms. The number of nitrogens with zero attached hydrogens (tertiary/aromatic N) is 2. The fourth-order valence-electron chi connectivity index (χ4n) is 4.34. The number of hydrogen-bond donors (Lipinski definition) is 0. The molecule has 0 spiro atoms. The molecule has 2 heterocycles. The fourth-order valence-corrected chi connectivity index (χ4v) is 5.87.